The summed E-state index contributed by atoms with van der Waals surface area (Å²) >= 11 is 2.94. The van der Waals surface area contributed by atoms with Gasteiger partial charge in [0.05, 0.1) is 4.83 Å². The molecule has 0 aliphatic heterocycles. The Balaban J connectivity index is 3.33. The number of hydrogen-bond donors (Lipinski definition) is 2. The van der Waals surface area contributed by atoms with E-state index in [1.807, 2.05) is 0 Å². The number of carbonyl (C=O) groups excluding carboxylic acids is 1. The minimum absolute atomic E-state index is 0.112. The average Bonchev–Trinajstić information content (AvgIpc) is 2.34. The van der Waals surface area contributed by atoms with Gasteiger partial charge in [0.1, 0.15) is 11.5 Å². The number of alkyl halides is 4. The zero-order valence-electron chi connectivity index (χ0n) is 10.5. The van der Waals surface area contributed by atoms with Gasteiger partial charge in [-0.3, -0.25) is 4.79 Å². The number of carboxylic acids is 1. The first-order chi connectivity index (χ1) is 9.53. The molecule has 2 atom stereocenters. The third kappa shape index (κ3) is 4.71. The number of carbonyl (C=O) groups is 2. The number of rotatable bonds is 5. The maximum atomic E-state index is 12.2. The van der Waals surface area contributed by atoms with Gasteiger partial charge < -0.3 is 14.9 Å². The van der Waals surface area contributed by atoms with Crippen molar-refractivity contribution in [1.29, 1.82) is 0 Å². The third-order valence-electron chi connectivity index (χ3n) is 2.45. The summed E-state index contributed by atoms with van der Waals surface area (Å²) in [4.78, 5) is 21.1. The van der Waals surface area contributed by atoms with E-state index in [0.29, 0.717) is 0 Å². The molecule has 21 heavy (non-hydrogen) atoms. The lowest BCUT2D eigenvalue weighted by atomic mass is 9.98. The molecule has 2 unspecified atom stereocenters. The molecule has 0 aliphatic rings. The van der Waals surface area contributed by atoms with Gasteiger partial charge >= 0.3 is 12.3 Å². The summed E-state index contributed by atoms with van der Waals surface area (Å²) in [5.74, 6) is -2.69. The molecule has 0 bridgehead atoms. The minimum Gasteiger partial charge on any atom is -0.479 e. The van der Waals surface area contributed by atoms with Crippen molar-refractivity contribution < 1.29 is 37.7 Å². The summed E-state index contributed by atoms with van der Waals surface area (Å²) < 4.78 is 40.2. The Hall–Kier alpha value is -1.61. The monoisotopic (exact) mass is 370 g/mol. The molecule has 0 saturated heterocycles. The van der Waals surface area contributed by atoms with Gasteiger partial charge in [-0.15, -0.1) is 13.2 Å². The molecule has 116 valence electrons. The van der Waals surface area contributed by atoms with Crippen LogP contribution in [0.5, 0.6) is 5.75 Å². The molecule has 0 aliphatic carbocycles. The fourth-order valence-corrected chi connectivity index (χ4v) is 1.97. The van der Waals surface area contributed by atoms with Crippen molar-refractivity contribution in [3.05, 3.63) is 29.3 Å². The summed E-state index contributed by atoms with van der Waals surface area (Å²) in [6.07, 6.45) is -6.90. The van der Waals surface area contributed by atoms with E-state index in [-0.39, 0.29) is 11.1 Å². The molecule has 5 nitrogen and oxygen atoms in total. The Morgan fingerprint density at radius 1 is 1.29 bits per heavy atom. The highest BCUT2D eigenvalue weighted by molar-refractivity contribution is 9.09. The Labute approximate surface area is 125 Å². The van der Waals surface area contributed by atoms with Gasteiger partial charge in [0, 0.05) is 0 Å². The highest BCUT2D eigenvalue weighted by atomic mass is 79.9. The highest BCUT2D eigenvalue weighted by Gasteiger charge is 2.32. The van der Waals surface area contributed by atoms with Crippen molar-refractivity contribution in [1.82, 2.24) is 0 Å². The van der Waals surface area contributed by atoms with Crippen LogP contribution in [-0.2, 0) is 9.59 Å². The Morgan fingerprint density at radius 2 is 1.86 bits per heavy atom. The first-order valence-electron chi connectivity index (χ1n) is 5.48. The lowest BCUT2D eigenvalue weighted by molar-refractivity contribution is -0.274. The summed E-state index contributed by atoms with van der Waals surface area (Å²) in [6.45, 7) is 1.16. The molecular formula is C12H10BrF3O5. The molecule has 9 heteroatoms. The topological polar surface area (TPSA) is 83.8 Å². The minimum atomic E-state index is -4.93. The Bertz CT molecular complexity index is 558. The molecular weight excluding hydrogens is 361 g/mol. The van der Waals surface area contributed by atoms with Crippen LogP contribution in [0, 0.1) is 0 Å². The summed E-state index contributed by atoms with van der Waals surface area (Å²) in [5.41, 5.74) is -0.312. The first-order valence-corrected chi connectivity index (χ1v) is 6.39. The molecule has 0 spiro atoms. The fourth-order valence-electron chi connectivity index (χ4n) is 1.57. The molecule has 0 amide bonds. The highest BCUT2D eigenvalue weighted by Crippen LogP contribution is 2.35. The standard InChI is InChI=1S/C12H10BrF3O5/c1-5(17)9(13)8-4-6(21-12(14,15)16)2-3-7(8)10(18)11(19)20/h2-4,9-10,18H,1H3,(H,19,20). The van der Waals surface area contributed by atoms with Crippen molar-refractivity contribution in [3.8, 4) is 5.75 Å². The van der Waals surface area contributed by atoms with E-state index in [1.165, 1.54) is 0 Å². The molecule has 0 saturated carbocycles. The van der Waals surface area contributed by atoms with Gasteiger partial charge in [0.25, 0.3) is 0 Å². The molecule has 0 aromatic heterocycles. The Morgan fingerprint density at radius 3 is 2.29 bits per heavy atom. The second-order valence-electron chi connectivity index (χ2n) is 4.05. The molecule has 2 N–H and O–H groups in total. The van der Waals surface area contributed by atoms with E-state index < -0.39 is 34.8 Å². The number of Topliss-reactive ketones (excluding diaryl/α,β-unsaturated/α-hetero) is 1. The van der Waals surface area contributed by atoms with Crippen LogP contribution in [0.4, 0.5) is 13.2 Å². The lowest BCUT2D eigenvalue weighted by Gasteiger charge is -2.17. The van der Waals surface area contributed by atoms with E-state index in [1.54, 1.807) is 0 Å². The van der Waals surface area contributed by atoms with E-state index in [0.717, 1.165) is 25.1 Å². The predicted molar refractivity (Wildman–Crippen MR) is 68.1 cm³/mol. The van der Waals surface area contributed by atoms with Gasteiger partial charge in [0.15, 0.2) is 6.10 Å². The number of aliphatic hydroxyl groups excluding tert-OH is 1. The van der Waals surface area contributed by atoms with Gasteiger partial charge in [-0.05, 0) is 30.2 Å². The van der Waals surface area contributed by atoms with Gasteiger partial charge in [-0.25, -0.2) is 4.79 Å². The van der Waals surface area contributed by atoms with Crippen molar-refractivity contribution >= 4 is 27.7 Å². The molecule has 0 heterocycles. The molecule has 0 fully saturated rings. The quantitative estimate of drug-likeness (QED) is 0.778. The van der Waals surface area contributed by atoms with E-state index in [9.17, 15) is 27.9 Å². The molecule has 1 aromatic carbocycles. The van der Waals surface area contributed by atoms with Crippen molar-refractivity contribution in [2.75, 3.05) is 0 Å². The second kappa shape index (κ2) is 6.44. The Kier molecular flexibility index (Phi) is 5.35. The second-order valence-corrected chi connectivity index (χ2v) is 4.97. The number of benzene rings is 1. The van der Waals surface area contributed by atoms with Crippen LogP contribution in [0.1, 0.15) is 29.0 Å². The van der Waals surface area contributed by atoms with Crippen molar-refractivity contribution in [3.63, 3.8) is 0 Å². The molecule has 0 radical (unpaired) electrons. The van der Waals surface area contributed by atoms with Crippen LogP contribution in [-0.4, -0.2) is 28.3 Å². The average molecular weight is 371 g/mol. The van der Waals surface area contributed by atoms with Gasteiger partial charge in [-0.1, -0.05) is 22.0 Å². The summed E-state index contributed by atoms with van der Waals surface area (Å²) in [6, 6.07) is 2.68. The largest absolute Gasteiger partial charge is 0.573 e. The smallest absolute Gasteiger partial charge is 0.479 e. The maximum absolute atomic E-state index is 12.2. The van der Waals surface area contributed by atoms with Crippen LogP contribution >= 0.6 is 15.9 Å². The van der Waals surface area contributed by atoms with Crippen molar-refractivity contribution in [2.45, 2.75) is 24.2 Å². The van der Waals surface area contributed by atoms with Gasteiger partial charge in [-0.2, -0.15) is 0 Å². The van der Waals surface area contributed by atoms with Crippen LogP contribution in [0.15, 0.2) is 18.2 Å². The lowest BCUT2D eigenvalue weighted by Crippen LogP contribution is -2.19. The van der Waals surface area contributed by atoms with Crippen LogP contribution in [0.2, 0.25) is 0 Å². The maximum Gasteiger partial charge on any atom is 0.573 e. The summed E-state index contributed by atoms with van der Waals surface area (Å²) in [5, 5.41) is 18.3. The third-order valence-corrected chi connectivity index (χ3v) is 3.59. The van der Waals surface area contributed by atoms with Crippen LogP contribution in [0.25, 0.3) is 0 Å². The van der Waals surface area contributed by atoms with Crippen molar-refractivity contribution in [2.24, 2.45) is 0 Å². The SMILES string of the molecule is CC(=O)C(Br)c1cc(OC(F)(F)F)ccc1C(O)C(=O)O. The van der Waals surface area contributed by atoms with E-state index in [2.05, 4.69) is 20.7 Å². The molecule has 1 rings (SSSR count). The number of halogens is 4. The van der Waals surface area contributed by atoms with Crippen LogP contribution < -0.4 is 4.74 Å². The fraction of sp³-hybridized carbons (Fsp3) is 0.333. The zero-order chi connectivity index (χ0) is 16.4. The number of aliphatic hydroxyl groups is 1. The number of ether oxygens (including phenoxy) is 1. The van der Waals surface area contributed by atoms with Gasteiger partial charge in [0.2, 0.25) is 0 Å². The van der Waals surface area contributed by atoms with Crippen LogP contribution in [0.3, 0.4) is 0 Å². The van der Waals surface area contributed by atoms with E-state index in [4.69, 9.17) is 5.11 Å². The number of hydrogen-bond acceptors (Lipinski definition) is 4. The predicted octanol–water partition coefficient (Wildman–Crippen LogP) is 2.73. The zero-order valence-corrected chi connectivity index (χ0v) is 12.1. The summed E-state index contributed by atoms with van der Waals surface area (Å²) in [7, 11) is 0. The van der Waals surface area contributed by atoms with E-state index >= 15 is 0 Å². The normalized spacial score (nSPS) is 14.4. The number of ketones is 1. The number of carboxylic acid groups (broad SMARTS) is 1. The first kappa shape index (κ1) is 17.4. The molecule has 1 aromatic rings. The number of aliphatic carboxylic acids is 1.